The number of rotatable bonds is 4. The molecule has 3 N–H and O–H groups in total. The third-order valence-electron chi connectivity index (χ3n) is 4.34. The quantitative estimate of drug-likeness (QED) is 0.839. The molecule has 0 amide bonds. The summed E-state index contributed by atoms with van der Waals surface area (Å²) < 4.78 is 27.7. The van der Waals surface area contributed by atoms with Gasteiger partial charge in [-0.25, -0.2) is 13.1 Å². The Balaban J connectivity index is 2.17. The van der Waals surface area contributed by atoms with Crippen molar-refractivity contribution >= 4 is 15.7 Å². The van der Waals surface area contributed by atoms with Crippen LogP contribution >= 0.6 is 0 Å². The number of benzene rings is 1. The first-order chi connectivity index (χ1) is 9.31. The molecule has 0 spiro atoms. The number of hydrogen-bond donors (Lipinski definition) is 2. The van der Waals surface area contributed by atoms with Gasteiger partial charge in [0.2, 0.25) is 10.0 Å². The Morgan fingerprint density at radius 1 is 1.30 bits per heavy atom. The lowest BCUT2D eigenvalue weighted by atomic mass is 10.1. The second kappa shape index (κ2) is 5.74. The molecule has 0 aliphatic heterocycles. The van der Waals surface area contributed by atoms with E-state index in [1.54, 1.807) is 13.0 Å². The third-order valence-corrected chi connectivity index (χ3v) is 5.97. The van der Waals surface area contributed by atoms with E-state index in [0.29, 0.717) is 24.1 Å². The van der Waals surface area contributed by atoms with Crippen molar-refractivity contribution in [1.29, 1.82) is 0 Å². The molecule has 1 aliphatic rings. The van der Waals surface area contributed by atoms with Gasteiger partial charge >= 0.3 is 0 Å². The maximum atomic E-state index is 12.5. The number of nitrogen functional groups attached to an aromatic ring is 1. The molecule has 2 unspecified atom stereocenters. The summed E-state index contributed by atoms with van der Waals surface area (Å²) in [5.41, 5.74) is 7.86. The van der Waals surface area contributed by atoms with E-state index in [1.807, 2.05) is 13.0 Å². The van der Waals surface area contributed by atoms with E-state index < -0.39 is 10.0 Å². The number of nitrogens with one attached hydrogen (secondary N) is 1. The van der Waals surface area contributed by atoms with Crippen LogP contribution in [0.5, 0.6) is 0 Å². The average molecular weight is 296 g/mol. The first-order valence-corrected chi connectivity index (χ1v) is 8.65. The Hall–Kier alpha value is -1.07. The highest BCUT2D eigenvalue weighted by Gasteiger charge is 2.25. The van der Waals surface area contributed by atoms with Crippen LogP contribution in [-0.2, 0) is 10.0 Å². The highest BCUT2D eigenvalue weighted by Crippen LogP contribution is 2.30. The number of nitrogens with two attached hydrogens (primary N) is 1. The molecule has 2 rings (SSSR count). The summed E-state index contributed by atoms with van der Waals surface area (Å²) in [6, 6.07) is 3.51. The molecule has 20 heavy (non-hydrogen) atoms. The molecule has 1 aliphatic carbocycles. The van der Waals surface area contributed by atoms with Crippen LogP contribution in [0, 0.1) is 25.7 Å². The predicted octanol–water partition coefficient (Wildman–Crippen LogP) is 2.60. The lowest BCUT2D eigenvalue weighted by molar-refractivity contribution is 0.498. The Kier molecular flexibility index (Phi) is 4.39. The highest BCUT2D eigenvalue weighted by molar-refractivity contribution is 7.89. The zero-order chi connectivity index (χ0) is 14.9. The second-order valence-corrected chi connectivity index (χ2v) is 7.77. The zero-order valence-electron chi connectivity index (χ0n) is 12.4. The van der Waals surface area contributed by atoms with Crippen molar-refractivity contribution in [3.05, 3.63) is 23.3 Å². The van der Waals surface area contributed by atoms with E-state index in [0.717, 1.165) is 24.0 Å². The van der Waals surface area contributed by atoms with Gasteiger partial charge in [0, 0.05) is 6.54 Å². The minimum absolute atomic E-state index is 0.239. The molecule has 0 heterocycles. The molecule has 1 aromatic rings. The van der Waals surface area contributed by atoms with E-state index >= 15 is 0 Å². The molecule has 5 heteroatoms. The van der Waals surface area contributed by atoms with Crippen LogP contribution in [0.15, 0.2) is 17.0 Å². The van der Waals surface area contributed by atoms with Crippen molar-refractivity contribution in [2.24, 2.45) is 11.8 Å². The van der Waals surface area contributed by atoms with Gasteiger partial charge in [-0.15, -0.1) is 0 Å². The van der Waals surface area contributed by atoms with Crippen LogP contribution < -0.4 is 10.5 Å². The molecular formula is C15H24N2O2S. The monoisotopic (exact) mass is 296 g/mol. The van der Waals surface area contributed by atoms with E-state index in [4.69, 9.17) is 5.73 Å². The topological polar surface area (TPSA) is 72.2 Å². The summed E-state index contributed by atoms with van der Waals surface area (Å²) in [6.07, 6.45) is 3.40. The van der Waals surface area contributed by atoms with E-state index in [2.05, 4.69) is 11.6 Å². The van der Waals surface area contributed by atoms with Crippen LogP contribution in [0.25, 0.3) is 0 Å². The molecule has 2 atom stereocenters. The maximum absolute atomic E-state index is 12.5. The fourth-order valence-electron chi connectivity index (χ4n) is 2.98. The Morgan fingerprint density at radius 2 is 2.00 bits per heavy atom. The molecule has 1 fully saturated rings. The van der Waals surface area contributed by atoms with Crippen LogP contribution in [-0.4, -0.2) is 15.0 Å². The molecule has 0 radical (unpaired) electrons. The van der Waals surface area contributed by atoms with Crippen LogP contribution in [0.2, 0.25) is 0 Å². The molecule has 1 aromatic carbocycles. The standard InChI is InChI=1S/C15H24N2O2S/c1-10-4-6-13(8-10)9-17-20(18,19)15-12(3)11(2)5-7-14(15)16/h5,7,10,13,17H,4,6,8-9,16H2,1-3H3. The minimum atomic E-state index is -3.52. The molecule has 0 aromatic heterocycles. The van der Waals surface area contributed by atoms with Crippen LogP contribution in [0.1, 0.15) is 37.3 Å². The van der Waals surface area contributed by atoms with Crippen molar-refractivity contribution in [3.8, 4) is 0 Å². The predicted molar refractivity (Wildman–Crippen MR) is 82.0 cm³/mol. The largest absolute Gasteiger partial charge is 0.398 e. The minimum Gasteiger partial charge on any atom is -0.398 e. The summed E-state index contributed by atoms with van der Waals surface area (Å²) in [6.45, 7) is 6.43. The van der Waals surface area contributed by atoms with Gasteiger partial charge in [0.15, 0.2) is 0 Å². The SMILES string of the molecule is Cc1ccc(N)c(S(=O)(=O)NCC2CCC(C)C2)c1C. The van der Waals surface area contributed by atoms with Gasteiger partial charge in [-0.3, -0.25) is 0 Å². The fourth-order valence-corrected chi connectivity index (χ4v) is 4.52. The Morgan fingerprint density at radius 3 is 2.60 bits per heavy atom. The van der Waals surface area contributed by atoms with Gasteiger partial charge in [-0.1, -0.05) is 19.4 Å². The molecule has 1 saturated carbocycles. The highest BCUT2D eigenvalue weighted by atomic mass is 32.2. The number of anilines is 1. The first kappa shape index (κ1) is 15.3. The molecule has 0 saturated heterocycles. The van der Waals surface area contributed by atoms with Gasteiger partial charge in [0.1, 0.15) is 4.90 Å². The molecule has 4 nitrogen and oxygen atoms in total. The van der Waals surface area contributed by atoms with Crippen LogP contribution in [0.4, 0.5) is 5.69 Å². The van der Waals surface area contributed by atoms with E-state index in [-0.39, 0.29) is 4.90 Å². The van der Waals surface area contributed by atoms with E-state index in [1.165, 1.54) is 6.42 Å². The summed E-state index contributed by atoms with van der Waals surface area (Å²) in [7, 11) is -3.52. The Labute approximate surface area is 121 Å². The van der Waals surface area contributed by atoms with Crippen molar-refractivity contribution in [3.63, 3.8) is 0 Å². The van der Waals surface area contributed by atoms with Crippen molar-refractivity contribution in [2.75, 3.05) is 12.3 Å². The van der Waals surface area contributed by atoms with Gasteiger partial charge in [-0.2, -0.15) is 0 Å². The molecule has 0 bridgehead atoms. The third kappa shape index (κ3) is 3.15. The van der Waals surface area contributed by atoms with Gasteiger partial charge in [0.05, 0.1) is 5.69 Å². The average Bonchev–Trinajstić information content (AvgIpc) is 2.78. The van der Waals surface area contributed by atoms with E-state index in [9.17, 15) is 8.42 Å². The van der Waals surface area contributed by atoms with Gasteiger partial charge in [-0.05, 0) is 55.7 Å². The molecule has 112 valence electrons. The fraction of sp³-hybridized carbons (Fsp3) is 0.600. The first-order valence-electron chi connectivity index (χ1n) is 7.16. The van der Waals surface area contributed by atoms with Crippen molar-refractivity contribution < 1.29 is 8.42 Å². The maximum Gasteiger partial charge on any atom is 0.242 e. The van der Waals surface area contributed by atoms with Crippen molar-refractivity contribution in [1.82, 2.24) is 4.72 Å². The summed E-state index contributed by atoms with van der Waals surface area (Å²) in [5.74, 6) is 1.15. The lowest BCUT2D eigenvalue weighted by Crippen LogP contribution is -2.30. The van der Waals surface area contributed by atoms with Crippen molar-refractivity contribution in [2.45, 2.75) is 44.9 Å². The number of hydrogen-bond acceptors (Lipinski definition) is 3. The number of sulfonamides is 1. The zero-order valence-corrected chi connectivity index (χ0v) is 13.3. The van der Waals surface area contributed by atoms with Gasteiger partial charge in [0.25, 0.3) is 0 Å². The molecular weight excluding hydrogens is 272 g/mol. The Bertz CT molecular complexity index is 596. The normalized spacial score (nSPS) is 23.1. The lowest BCUT2D eigenvalue weighted by Gasteiger charge is -2.15. The number of aryl methyl sites for hydroxylation is 1. The second-order valence-electron chi connectivity index (χ2n) is 6.06. The van der Waals surface area contributed by atoms with Gasteiger partial charge < -0.3 is 5.73 Å². The summed E-state index contributed by atoms with van der Waals surface area (Å²) >= 11 is 0. The van der Waals surface area contributed by atoms with Crippen LogP contribution in [0.3, 0.4) is 0 Å². The summed E-state index contributed by atoms with van der Waals surface area (Å²) in [5, 5.41) is 0. The smallest absolute Gasteiger partial charge is 0.242 e. The summed E-state index contributed by atoms with van der Waals surface area (Å²) in [4.78, 5) is 0.239.